The molecule has 0 aromatic carbocycles. The summed E-state index contributed by atoms with van der Waals surface area (Å²) in [4.78, 5) is 32.1. The van der Waals surface area contributed by atoms with E-state index in [1.165, 1.54) is 51.1 Å². The molecule has 2 rings (SSSR count). The summed E-state index contributed by atoms with van der Waals surface area (Å²) in [5.41, 5.74) is 0.539. The van der Waals surface area contributed by atoms with Crippen molar-refractivity contribution in [2.24, 2.45) is 0 Å². The average Bonchev–Trinajstić information content (AvgIpc) is 2.93. The smallest absolute Gasteiger partial charge is 0.330 e. The molecular formula is C19H28N4O3. The molecule has 1 aromatic rings. The summed E-state index contributed by atoms with van der Waals surface area (Å²) in [5.74, 6) is 0.0918. The molecule has 0 aliphatic heterocycles. The molecular weight excluding hydrogens is 332 g/mol. The third kappa shape index (κ3) is 6.46. The Morgan fingerprint density at radius 1 is 1.23 bits per heavy atom. The van der Waals surface area contributed by atoms with Crippen molar-refractivity contribution >= 4 is 23.8 Å². The number of ether oxygens (including phenoxy) is 1. The zero-order chi connectivity index (χ0) is 18.8. The van der Waals surface area contributed by atoms with Crippen LogP contribution in [0.2, 0.25) is 0 Å². The van der Waals surface area contributed by atoms with Gasteiger partial charge in [0.1, 0.15) is 11.9 Å². The van der Waals surface area contributed by atoms with Crippen molar-refractivity contribution in [2.45, 2.75) is 64.0 Å². The van der Waals surface area contributed by atoms with E-state index in [2.05, 4.69) is 25.3 Å². The maximum absolute atomic E-state index is 12.6. The normalized spacial score (nSPS) is 16.7. The van der Waals surface area contributed by atoms with Gasteiger partial charge in [-0.3, -0.25) is 9.78 Å². The van der Waals surface area contributed by atoms with E-state index in [-0.39, 0.29) is 18.0 Å². The minimum atomic E-state index is -0.449. The molecule has 1 atom stereocenters. The van der Waals surface area contributed by atoms with Gasteiger partial charge < -0.3 is 15.4 Å². The van der Waals surface area contributed by atoms with Crippen LogP contribution in [-0.4, -0.2) is 41.0 Å². The van der Waals surface area contributed by atoms with Gasteiger partial charge in [0.2, 0.25) is 5.91 Å². The number of methoxy groups -OCH3 is 1. The minimum Gasteiger partial charge on any atom is -0.466 e. The Kier molecular flexibility index (Phi) is 8.05. The van der Waals surface area contributed by atoms with Gasteiger partial charge in [0, 0.05) is 12.1 Å². The van der Waals surface area contributed by atoms with Gasteiger partial charge in [-0.05, 0) is 25.3 Å². The van der Waals surface area contributed by atoms with Crippen molar-refractivity contribution in [1.82, 2.24) is 15.3 Å². The van der Waals surface area contributed by atoms with E-state index in [0.717, 1.165) is 12.8 Å². The monoisotopic (exact) mass is 360 g/mol. The van der Waals surface area contributed by atoms with Crippen LogP contribution in [0.4, 0.5) is 5.82 Å². The summed E-state index contributed by atoms with van der Waals surface area (Å²) in [6, 6.07) is -0.0678. The van der Waals surface area contributed by atoms with E-state index in [4.69, 9.17) is 0 Å². The second-order valence-corrected chi connectivity index (χ2v) is 6.49. The summed E-state index contributed by atoms with van der Waals surface area (Å²) in [6.07, 6.45) is 13.6. The molecule has 0 radical (unpaired) electrons. The first kappa shape index (κ1) is 19.9. The highest BCUT2D eigenvalue weighted by molar-refractivity contribution is 5.86. The van der Waals surface area contributed by atoms with E-state index < -0.39 is 5.97 Å². The topological polar surface area (TPSA) is 93.2 Å². The minimum absolute atomic E-state index is 0.0101. The van der Waals surface area contributed by atoms with Crippen molar-refractivity contribution in [3.05, 3.63) is 24.2 Å². The SMILES string of the molecule is CC[C@@H](Nc1cnc(/C=C/C(=O)OC)cn1)C(=O)NC1CCCCCC1. The molecule has 1 heterocycles. The van der Waals surface area contributed by atoms with Crippen molar-refractivity contribution in [2.75, 3.05) is 12.4 Å². The summed E-state index contributed by atoms with van der Waals surface area (Å²) < 4.78 is 4.53. The predicted molar refractivity (Wildman–Crippen MR) is 100 cm³/mol. The van der Waals surface area contributed by atoms with E-state index in [0.29, 0.717) is 17.9 Å². The van der Waals surface area contributed by atoms with Crippen LogP contribution < -0.4 is 10.6 Å². The lowest BCUT2D eigenvalue weighted by Crippen LogP contribution is -2.44. The summed E-state index contributed by atoms with van der Waals surface area (Å²) in [5, 5.41) is 6.30. The molecule has 1 aromatic heterocycles. The van der Waals surface area contributed by atoms with E-state index in [1.807, 2.05) is 6.92 Å². The number of amides is 1. The highest BCUT2D eigenvalue weighted by atomic mass is 16.5. The molecule has 26 heavy (non-hydrogen) atoms. The number of esters is 1. The Bertz CT molecular complexity index is 608. The van der Waals surface area contributed by atoms with Crippen molar-refractivity contribution in [1.29, 1.82) is 0 Å². The highest BCUT2D eigenvalue weighted by Gasteiger charge is 2.21. The van der Waals surface area contributed by atoms with Crippen LogP contribution in [0.15, 0.2) is 18.5 Å². The van der Waals surface area contributed by atoms with Crippen LogP contribution in [0, 0.1) is 0 Å². The Morgan fingerprint density at radius 3 is 2.54 bits per heavy atom. The fraction of sp³-hybridized carbons (Fsp3) is 0.579. The lowest BCUT2D eigenvalue weighted by molar-refractivity contribution is -0.134. The maximum atomic E-state index is 12.6. The van der Waals surface area contributed by atoms with E-state index in [1.54, 1.807) is 6.20 Å². The van der Waals surface area contributed by atoms with Gasteiger partial charge in [0.15, 0.2) is 0 Å². The van der Waals surface area contributed by atoms with Crippen molar-refractivity contribution in [3.8, 4) is 0 Å². The Labute approximate surface area is 154 Å². The highest BCUT2D eigenvalue weighted by Crippen LogP contribution is 2.17. The fourth-order valence-electron chi connectivity index (χ4n) is 2.98. The number of carbonyl (C=O) groups excluding carboxylic acids is 2. The molecule has 2 N–H and O–H groups in total. The molecule has 0 spiro atoms. The lowest BCUT2D eigenvalue weighted by Gasteiger charge is -2.22. The van der Waals surface area contributed by atoms with E-state index in [9.17, 15) is 9.59 Å². The number of carbonyl (C=O) groups is 2. The molecule has 1 saturated carbocycles. The van der Waals surface area contributed by atoms with Gasteiger partial charge in [-0.1, -0.05) is 32.6 Å². The summed E-state index contributed by atoms with van der Waals surface area (Å²) >= 11 is 0. The Balaban J connectivity index is 1.90. The van der Waals surface area contributed by atoms with Crippen LogP contribution in [0.25, 0.3) is 6.08 Å². The summed E-state index contributed by atoms with van der Waals surface area (Å²) in [6.45, 7) is 1.96. The zero-order valence-corrected chi connectivity index (χ0v) is 15.5. The Morgan fingerprint density at radius 2 is 1.96 bits per heavy atom. The summed E-state index contributed by atoms with van der Waals surface area (Å²) in [7, 11) is 1.32. The molecule has 142 valence electrons. The first-order valence-electron chi connectivity index (χ1n) is 9.27. The number of rotatable bonds is 7. The third-order valence-electron chi connectivity index (χ3n) is 4.51. The van der Waals surface area contributed by atoms with Gasteiger partial charge in [0.25, 0.3) is 0 Å². The molecule has 7 heteroatoms. The predicted octanol–water partition coefficient (Wildman–Crippen LogP) is 2.69. The van der Waals surface area contributed by atoms with Crippen molar-refractivity contribution in [3.63, 3.8) is 0 Å². The number of hydrogen-bond donors (Lipinski definition) is 2. The average molecular weight is 360 g/mol. The molecule has 0 bridgehead atoms. The van der Waals surface area contributed by atoms with Crippen LogP contribution in [0.3, 0.4) is 0 Å². The van der Waals surface area contributed by atoms with Crippen LogP contribution in [0.5, 0.6) is 0 Å². The first-order valence-corrected chi connectivity index (χ1v) is 9.27. The van der Waals surface area contributed by atoms with Gasteiger partial charge in [0.05, 0.1) is 25.2 Å². The number of nitrogens with one attached hydrogen (secondary N) is 2. The maximum Gasteiger partial charge on any atom is 0.330 e. The van der Waals surface area contributed by atoms with Crippen LogP contribution in [-0.2, 0) is 14.3 Å². The van der Waals surface area contributed by atoms with Gasteiger partial charge in [-0.2, -0.15) is 0 Å². The van der Waals surface area contributed by atoms with Gasteiger partial charge >= 0.3 is 5.97 Å². The molecule has 0 saturated heterocycles. The van der Waals surface area contributed by atoms with E-state index >= 15 is 0 Å². The molecule has 1 fully saturated rings. The third-order valence-corrected chi connectivity index (χ3v) is 4.51. The number of nitrogens with zero attached hydrogens (tertiary/aromatic N) is 2. The van der Waals surface area contributed by atoms with Crippen LogP contribution >= 0.6 is 0 Å². The standard InChI is InChI=1S/C19H28N4O3/c1-3-16(19(25)22-14-8-6-4-5-7-9-14)23-17-13-20-15(12-21-17)10-11-18(24)26-2/h10-14,16H,3-9H2,1-2H3,(H,21,23)(H,22,25)/b11-10+/t16-/m1/s1. The fourth-order valence-corrected chi connectivity index (χ4v) is 2.98. The number of aromatic nitrogens is 2. The number of hydrogen-bond acceptors (Lipinski definition) is 6. The molecule has 1 amide bonds. The van der Waals surface area contributed by atoms with Crippen LogP contribution in [0.1, 0.15) is 57.6 Å². The van der Waals surface area contributed by atoms with Gasteiger partial charge in [-0.25, -0.2) is 9.78 Å². The zero-order valence-electron chi connectivity index (χ0n) is 15.5. The molecule has 0 unspecified atom stereocenters. The largest absolute Gasteiger partial charge is 0.466 e. The second kappa shape index (κ2) is 10.5. The molecule has 7 nitrogen and oxygen atoms in total. The van der Waals surface area contributed by atoms with Crippen molar-refractivity contribution < 1.29 is 14.3 Å². The Hall–Kier alpha value is -2.44. The lowest BCUT2D eigenvalue weighted by atomic mass is 10.1. The first-order chi connectivity index (χ1) is 12.6. The molecule has 1 aliphatic rings. The van der Waals surface area contributed by atoms with Gasteiger partial charge in [-0.15, -0.1) is 0 Å². The quantitative estimate of drug-likeness (QED) is 0.441. The number of anilines is 1. The molecule has 1 aliphatic carbocycles. The second-order valence-electron chi connectivity index (χ2n) is 6.49.